The number of aromatic nitrogens is 2. The number of benzene rings is 1. The average Bonchev–Trinajstić information content (AvgIpc) is 2.69. The molecule has 3 nitrogen and oxygen atoms in total. The number of halogens is 1. The van der Waals surface area contributed by atoms with E-state index in [2.05, 4.69) is 9.36 Å². The van der Waals surface area contributed by atoms with E-state index in [-0.39, 0.29) is 5.82 Å². The van der Waals surface area contributed by atoms with Gasteiger partial charge in [-0.2, -0.15) is 4.37 Å². The third-order valence-electron chi connectivity index (χ3n) is 2.14. The molecule has 0 saturated heterocycles. The smallest absolute Gasteiger partial charge is 0.174 e. The SMILES string of the molecule is Cc1nsc(Sc2ccc(F)cc2CCN)n1. The van der Waals surface area contributed by atoms with Gasteiger partial charge in [0.15, 0.2) is 4.34 Å². The van der Waals surface area contributed by atoms with Crippen molar-refractivity contribution >= 4 is 23.3 Å². The average molecular weight is 269 g/mol. The van der Waals surface area contributed by atoms with Crippen molar-refractivity contribution in [1.82, 2.24) is 9.36 Å². The molecule has 0 aliphatic heterocycles. The van der Waals surface area contributed by atoms with Crippen LogP contribution in [0.25, 0.3) is 0 Å². The molecule has 1 heterocycles. The fraction of sp³-hybridized carbons (Fsp3) is 0.273. The van der Waals surface area contributed by atoms with E-state index in [0.29, 0.717) is 13.0 Å². The summed E-state index contributed by atoms with van der Waals surface area (Å²) in [6, 6.07) is 4.75. The lowest BCUT2D eigenvalue weighted by atomic mass is 10.1. The van der Waals surface area contributed by atoms with E-state index in [1.807, 2.05) is 6.92 Å². The van der Waals surface area contributed by atoms with Crippen LogP contribution in [0.5, 0.6) is 0 Å². The Labute approximate surface area is 107 Å². The Morgan fingerprint density at radius 3 is 2.94 bits per heavy atom. The Bertz CT molecular complexity index is 513. The summed E-state index contributed by atoms with van der Waals surface area (Å²) in [5.74, 6) is 0.534. The van der Waals surface area contributed by atoms with Crippen molar-refractivity contribution in [2.45, 2.75) is 22.6 Å². The standard InChI is InChI=1S/C11H12FN3S2/c1-7-14-11(17-15-7)16-10-3-2-9(12)6-8(10)4-5-13/h2-3,6H,4-5,13H2,1H3. The molecule has 0 spiro atoms. The van der Waals surface area contributed by atoms with Crippen LogP contribution in [-0.2, 0) is 6.42 Å². The first-order valence-corrected chi connectivity index (χ1v) is 6.74. The van der Waals surface area contributed by atoms with Crippen LogP contribution >= 0.6 is 23.3 Å². The second kappa shape index (κ2) is 5.57. The summed E-state index contributed by atoms with van der Waals surface area (Å²) in [5.41, 5.74) is 6.44. The van der Waals surface area contributed by atoms with Gasteiger partial charge >= 0.3 is 0 Å². The van der Waals surface area contributed by atoms with Gasteiger partial charge in [0.1, 0.15) is 11.6 Å². The summed E-state index contributed by atoms with van der Waals surface area (Å²) in [6.45, 7) is 2.36. The van der Waals surface area contributed by atoms with Crippen molar-refractivity contribution in [3.8, 4) is 0 Å². The van der Waals surface area contributed by atoms with E-state index >= 15 is 0 Å². The van der Waals surface area contributed by atoms with Gasteiger partial charge in [0.05, 0.1) is 0 Å². The van der Waals surface area contributed by atoms with Crippen molar-refractivity contribution in [3.05, 3.63) is 35.4 Å². The minimum atomic E-state index is -0.230. The van der Waals surface area contributed by atoms with Crippen LogP contribution in [0.4, 0.5) is 4.39 Å². The summed E-state index contributed by atoms with van der Waals surface area (Å²) >= 11 is 2.86. The Kier molecular flexibility index (Phi) is 4.09. The first-order chi connectivity index (χ1) is 8.19. The fourth-order valence-electron chi connectivity index (χ4n) is 1.41. The summed E-state index contributed by atoms with van der Waals surface area (Å²) in [5, 5.41) is 0. The zero-order chi connectivity index (χ0) is 12.3. The lowest BCUT2D eigenvalue weighted by molar-refractivity contribution is 0.623. The molecule has 0 saturated carbocycles. The van der Waals surface area contributed by atoms with E-state index in [1.165, 1.54) is 35.4 Å². The molecule has 0 aliphatic rings. The molecule has 17 heavy (non-hydrogen) atoms. The summed E-state index contributed by atoms with van der Waals surface area (Å²) in [7, 11) is 0. The highest BCUT2D eigenvalue weighted by atomic mass is 32.2. The fourth-order valence-corrected chi connectivity index (χ4v) is 3.16. The Balaban J connectivity index is 2.25. The molecule has 0 bridgehead atoms. The molecule has 1 aromatic heterocycles. The van der Waals surface area contributed by atoms with Crippen LogP contribution in [0, 0.1) is 12.7 Å². The topological polar surface area (TPSA) is 51.8 Å². The van der Waals surface area contributed by atoms with Crippen LogP contribution in [0.15, 0.2) is 27.4 Å². The Morgan fingerprint density at radius 1 is 1.47 bits per heavy atom. The first-order valence-electron chi connectivity index (χ1n) is 5.15. The molecule has 6 heteroatoms. The maximum atomic E-state index is 13.1. The maximum Gasteiger partial charge on any atom is 0.174 e. The van der Waals surface area contributed by atoms with Gasteiger partial charge in [-0.1, -0.05) is 11.8 Å². The van der Waals surface area contributed by atoms with E-state index in [9.17, 15) is 4.39 Å². The Hall–Kier alpha value is -0.980. The Morgan fingerprint density at radius 2 is 2.29 bits per heavy atom. The lowest BCUT2D eigenvalue weighted by Gasteiger charge is -2.06. The molecule has 0 aliphatic carbocycles. The van der Waals surface area contributed by atoms with Gasteiger partial charge in [0.25, 0.3) is 0 Å². The molecule has 1 aromatic carbocycles. The van der Waals surface area contributed by atoms with Crippen LogP contribution in [0.1, 0.15) is 11.4 Å². The number of hydrogen-bond acceptors (Lipinski definition) is 5. The largest absolute Gasteiger partial charge is 0.330 e. The zero-order valence-electron chi connectivity index (χ0n) is 9.31. The van der Waals surface area contributed by atoms with Crippen LogP contribution in [-0.4, -0.2) is 15.9 Å². The van der Waals surface area contributed by atoms with Gasteiger partial charge in [-0.25, -0.2) is 9.37 Å². The minimum absolute atomic E-state index is 0.230. The molecular formula is C11H12FN3S2. The van der Waals surface area contributed by atoms with Crippen molar-refractivity contribution < 1.29 is 4.39 Å². The van der Waals surface area contributed by atoms with Crippen molar-refractivity contribution in [3.63, 3.8) is 0 Å². The van der Waals surface area contributed by atoms with E-state index in [4.69, 9.17) is 5.73 Å². The molecule has 2 N–H and O–H groups in total. The van der Waals surface area contributed by atoms with Crippen molar-refractivity contribution in [1.29, 1.82) is 0 Å². The third-order valence-corrected chi connectivity index (χ3v) is 4.10. The predicted octanol–water partition coefficient (Wildman–Crippen LogP) is 2.64. The summed E-state index contributed by atoms with van der Waals surface area (Å²) in [6.07, 6.45) is 0.665. The van der Waals surface area contributed by atoms with Gasteiger partial charge < -0.3 is 5.73 Å². The molecule has 2 aromatic rings. The molecule has 0 amide bonds. The van der Waals surface area contributed by atoms with Gasteiger partial charge in [-0.3, -0.25) is 0 Å². The van der Waals surface area contributed by atoms with Gasteiger partial charge in [-0.15, -0.1) is 0 Å². The first kappa shape index (κ1) is 12.5. The van der Waals surface area contributed by atoms with E-state index < -0.39 is 0 Å². The second-order valence-electron chi connectivity index (χ2n) is 3.50. The van der Waals surface area contributed by atoms with E-state index in [1.54, 1.807) is 6.07 Å². The van der Waals surface area contributed by atoms with Crippen LogP contribution in [0.2, 0.25) is 0 Å². The highest BCUT2D eigenvalue weighted by molar-refractivity contribution is 8.01. The summed E-state index contributed by atoms with van der Waals surface area (Å²) < 4.78 is 18.1. The van der Waals surface area contributed by atoms with Crippen molar-refractivity contribution in [2.24, 2.45) is 5.73 Å². The number of rotatable bonds is 4. The molecule has 0 atom stereocenters. The highest BCUT2D eigenvalue weighted by Crippen LogP contribution is 2.32. The van der Waals surface area contributed by atoms with Crippen molar-refractivity contribution in [2.75, 3.05) is 6.54 Å². The molecule has 0 radical (unpaired) electrons. The third kappa shape index (κ3) is 3.24. The monoisotopic (exact) mass is 269 g/mol. The van der Waals surface area contributed by atoms with Crippen LogP contribution in [0.3, 0.4) is 0 Å². The number of aryl methyl sites for hydroxylation is 1. The highest BCUT2D eigenvalue weighted by Gasteiger charge is 2.08. The summed E-state index contributed by atoms with van der Waals surface area (Å²) in [4.78, 5) is 5.27. The predicted molar refractivity (Wildman–Crippen MR) is 67.9 cm³/mol. The van der Waals surface area contributed by atoms with E-state index in [0.717, 1.165) is 20.6 Å². The maximum absolute atomic E-state index is 13.1. The lowest BCUT2D eigenvalue weighted by Crippen LogP contribution is -2.04. The number of hydrogen-bond donors (Lipinski definition) is 1. The van der Waals surface area contributed by atoms with Crippen LogP contribution < -0.4 is 5.73 Å². The molecule has 0 fully saturated rings. The normalized spacial score (nSPS) is 10.8. The van der Waals surface area contributed by atoms with Gasteiger partial charge in [0, 0.05) is 4.90 Å². The number of nitrogens with zero attached hydrogens (tertiary/aromatic N) is 2. The molecule has 2 rings (SSSR count). The zero-order valence-corrected chi connectivity index (χ0v) is 10.9. The second-order valence-corrected chi connectivity index (χ2v) is 5.54. The van der Waals surface area contributed by atoms with Gasteiger partial charge in [0.2, 0.25) is 0 Å². The number of nitrogens with two attached hydrogens (primary N) is 1. The molecule has 0 unspecified atom stereocenters. The molecule has 90 valence electrons. The quantitative estimate of drug-likeness (QED) is 0.927. The van der Waals surface area contributed by atoms with Gasteiger partial charge in [-0.05, 0) is 55.2 Å². The minimum Gasteiger partial charge on any atom is -0.330 e. The molecular weight excluding hydrogens is 257 g/mol.